The fourth-order valence-corrected chi connectivity index (χ4v) is 4.93. The zero-order chi connectivity index (χ0) is 22.6. The maximum absolute atomic E-state index is 13.3. The average Bonchev–Trinajstić information content (AvgIpc) is 3.13. The summed E-state index contributed by atoms with van der Waals surface area (Å²) < 4.78 is 5.47. The normalized spacial score (nSPS) is 19.2. The molecule has 0 spiro atoms. The Kier molecular flexibility index (Phi) is 5.91. The topological polar surface area (TPSA) is 76.1 Å². The first-order valence-electron chi connectivity index (χ1n) is 10.5. The predicted molar refractivity (Wildman–Crippen MR) is 124 cm³/mol. The van der Waals surface area contributed by atoms with Crippen LogP contribution in [0.5, 0.6) is 0 Å². The number of hydrogen-bond donors (Lipinski definition) is 1. The summed E-state index contributed by atoms with van der Waals surface area (Å²) in [7, 11) is 0. The summed E-state index contributed by atoms with van der Waals surface area (Å²) >= 11 is 0. The Balaban J connectivity index is 2.09. The molecule has 0 amide bonds. The van der Waals surface area contributed by atoms with Gasteiger partial charge in [0.2, 0.25) is 0 Å². The average molecular weight is 421 g/mol. The number of nitrogens with two attached hydrogens (primary N) is 1. The summed E-state index contributed by atoms with van der Waals surface area (Å²) in [5.41, 5.74) is 9.02. The molecule has 1 aliphatic rings. The van der Waals surface area contributed by atoms with Crippen LogP contribution in [0.15, 0.2) is 115 Å². The summed E-state index contributed by atoms with van der Waals surface area (Å²) in [5.74, 6) is -1.73. The molecule has 158 valence electrons. The molecule has 4 heteroatoms. The highest BCUT2D eigenvalue weighted by Crippen LogP contribution is 2.59. The van der Waals surface area contributed by atoms with Crippen LogP contribution >= 0.6 is 0 Å². The van der Waals surface area contributed by atoms with Gasteiger partial charge in [0.1, 0.15) is 12.5 Å². The number of allylic oxidation sites excluding steroid dienone is 1. The van der Waals surface area contributed by atoms with E-state index in [2.05, 4.69) is 12.6 Å². The van der Waals surface area contributed by atoms with Gasteiger partial charge in [-0.25, -0.2) is 0 Å². The van der Waals surface area contributed by atoms with Gasteiger partial charge in [-0.2, -0.15) is 5.26 Å². The molecule has 0 heterocycles. The van der Waals surface area contributed by atoms with Crippen molar-refractivity contribution >= 4 is 5.97 Å². The standard InChI is InChI=1S/C28H24N2O2/c1-2-18-32-27(31)24-25(20-12-6-3-7-13-20)28(23(19-29)26(24)30,21-14-8-4-9-15-21)22-16-10-5-11-17-22/h2-17,24-25H,1,18,30H2. The summed E-state index contributed by atoms with van der Waals surface area (Å²) in [6.45, 7) is 3.72. The Morgan fingerprint density at radius 1 is 0.969 bits per heavy atom. The molecule has 4 nitrogen and oxygen atoms in total. The van der Waals surface area contributed by atoms with Gasteiger partial charge in [0.15, 0.2) is 0 Å². The molecular formula is C28H24N2O2. The van der Waals surface area contributed by atoms with E-state index in [0.717, 1.165) is 16.7 Å². The minimum atomic E-state index is -0.944. The number of hydrogen-bond acceptors (Lipinski definition) is 4. The highest BCUT2D eigenvalue weighted by Gasteiger charge is 2.58. The lowest BCUT2D eigenvalue weighted by molar-refractivity contribution is -0.146. The molecule has 0 radical (unpaired) electrons. The Bertz CT molecular complexity index is 1140. The summed E-state index contributed by atoms with van der Waals surface area (Å²) in [4.78, 5) is 13.3. The zero-order valence-corrected chi connectivity index (χ0v) is 17.6. The number of nitrogens with zero attached hydrogens (tertiary/aromatic N) is 1. The monoisotopic (exact) mass is 420 g/mol. The maximum Gasteiger partial charge on any atom is 0.315 e. The van der Waals surface area contributed by atoms with E-state index in [0.29, 0.717) is 5.57 Å². The second-order valence-electron chi connectivity index (χ2n) is 7.77. The van der Waals surface area contributed by atoms with Gasteiger partial charge in [0.25, 0.3) is 0 Å². The molecule has 4 rings (SSSR count). The van der Waals surface area contributed by atoms with E-state index in [1.807, 2.05) is 91.0 Å². The van der Waals surface area contributed by atoms with Gasteiger partial charge in [-0.15, -0.1) is 0 Å². The van der Waals surface area contributed by atoms with Crippen molar-refractivity contribution in [1.29, 1.82) is 5.26 Å². The van der Waals surface area contributed by atoms with Crippen molar-refractivity contribution in [2.45, 2.75) is 11.3 Å². The Morgan fingerprint density at radius 2 is 1.47 bits per heavy atom. The van der Waals surface area contributed by atoms with Gasteiger partial charge in [-0.1, -0.05) is 104 Å². The smallest absolute Gasteiger partial charge is 0.315 e. The Hall–Kier alpha value is -4.10. The van der Waals surface area contributed by atoms with E-state index in [-0.39, 0.29) is 12.3 Å². The first-order chi connectivity index (χ1) is 15.7. The molecule has 1 aliphatic carbocycles. The van der Waals surface area contributed by atoms with Crippen molar-refractivity contribution in [3.63, 3.8) is 0 Å². The van der Waals surface area contributed by atoms with Crippen LogP contribution in [0.1, 0.15) is 22.6 Å². The van der Waals surface area contributed by atoms with E-state index in [1.54, 1.807) is 0 Å². The molecular weight excluding hydrogens is 396 g/mol. The van der Waals surface area contributed by atoms with Crippen molar-refractivity contribution in [2.75, 3.05) is 6.61 Å². The van der Waals surface area contributed by atoms with Gasteiger partial charge in [0, 0.05) is 11.6 Å². The first-order valence-corrected chi connectivity index (χ1v) is 10.5. The molecule has 0 saturated carbocycles. The van der Waals surface area contributed by atoms with E-state index < -0.39 is 23.2 Å². The minimum Gasteiger partial charge on any atom is -0.461 e. The van der Waals surface area contributed by atoms with Crippen LogP contribution in [0, 0.1) is 17.2 Å². The summed E-state index contributed by atoms with van der Waals surface area (Å²) in [6.07, 6.45) is 1.52. The van der Waals surface area contributed by atoms with Crippen molar-refractivity contribution < 1.29 is 9.53 Å². The van der Waals surface area contributed by atoms with Crippen LogP contribution in [0.3, 0.4) is 0 Å². The highest BCUT2D eigenvalue weighted by molar-refractivity contribution is 5.82. The maximum atomic E-state index is 13.3. The van der Waals surface area contributed by atoms with Gasteiger partial charge in [0.05, 0.1) is 17.1 Å². The number of nitriles is 1. The molecule has 0 bridgehead atoms. The fraction of sp³-hybridized carbons (Fsp3) is 0.143. The van der Waals surface area contributed by atoms with Crippen LogP contribution in [-0.4, -0.2) is 12.6 Å². The van der Waals surface area contributed by atoms with Crippen molar-refractivity contribution in [3.8, 4) is 6.07 Å². The summed E-state index contributed by atoms with van der Waals surface area (Å²) in [5, 5.41) is 10.4. The van der Waals surface area contributed by atoms with Crippen LogP contribution in [0.2, 0.25) is 0 Å². The lowest BCUT2D eigenvalue weighted by Gasteiger charge is -2.39. The molecule has 2 unspecified atom stereocenters. The number of carbonyl (C=O) groups excluding carboxylic acids is 1. The molecule has 3 aromatic rings. The zero-order valence-electron chi connectivity index (χ0n) is 17.6. The van der Waals surface area contributed by atoms with Crippen LogP contribution < -0.4 is 5.73 Å². The quantitative estimate of drug-likeness (QED) is 0.457. The lowest BCUT2D eigenvalue weighted by atomic mass is 9.61. The fourth-order valence-electron chi connectivity index (χ4n) is 4.93. The number of carbonyl (C=O) groups is 1. The van der Waals surface area contributed by atoms with Crippen molar-refractivity contribution in [3.05, 3.63) is 132 Å². The van der Waals surface area contributed by atoms with E-state index in [4.69, 9.17) is 10.5 Å². The van der Waals surface area contributed by atoms with E-state index in [1.165, 1.54) is 6.08 Å². The van der Waals surface area contributed by atoms with Gasteiger partial charge in [-0.05, 0) is 16.7 Å². The second kappa shape index (κ2) is 8.95. The third-order valence-electron chi connectivity index (χ3n) is 6.14. The lowest BCUT2D eigenvalue weighted by Crippen LogP contribution is -2.38. The molecule has 3 aromatic carbocycles. The van der Waals surface area contributed by atoms with Crippen LogP contribution in [0.4, 0.5) is 0 Å². The highest BCUT2D eigenvalue weighted by atomic mass is 16.5. The minimum absolute atomic E-state index is 0.0791. The molecule has 0 saturated heterocycles. The third kappa shape index (κ3) is 3.29. The van der Waals surface area contributed by atoms with Gasteiger partial charge >= 0.3 is 5.97 Å². The molecule has 0 aliphatic heterocycles. The third-order valence-corrected chi connectivity index (χ3v) is 6.14. The van der Waals surface area contributed by atoms with E-state index in [9.17, 15) is 10.1 Å². The Labute approximate surface area is 188 Å². The largest absolute Gasteiger partial charge is 0.461 e. The molecule has 0 aromatic heterocycles. The molecule has 2 atom stereocenters. The SMILES string of the molecule is C=CCOC(=O)C1C(N)=C(C#N)C(c2ccccc2)(c2ccccc2)C1c1ccccc1. The van der Waals surface area contributed by atoms with Crippen molar-refractivity contribution in [1.82, 2.24) is 0 Å². The second-order valence-corrected chi connectivity index (χ2v) is 7.77. The summed E-state index contributed by atoms with van der Waals surface area (Å²) in [6, 6.07) is 31.7. The molecule has 0 fully saturated rings. The van der Waals surface area contributed by atoms with Gasteiger partial charge in [-0.3, -0.25) is 4.79 Å². The Morgan fingerprint density at radius 3 is 1.94 bits per heavy atom. The van der Waals surface area contributed by atoms with Crippen LogP contribution in [0.25, 0.3) is 0 Å². The first kappa shape index (κ1) is 21.1. The number of benzene rings is 3. The number of ether oxygens (including phenoxy) is 1. The number of rotatable bonds is 6. The van der Waals surface area contributed by atoms with Crippen molar-refractivity contribution in [2.24, 2.45) is 11.7 Å². The predicted octanol–water partition coefficient (Wildman–Crippen LogP) is 4.85. The molecule has 32 heavy (non-hydrogen) atoms. The molecule has 2 N–H and O–H groups in total. The van der Waals surface area contributed by atoms with Gasteiger partial charge < -0.3 is 10.5 Å². The number of esters is 1. The van der Waals surface area contributed by atoms with E-state index >= 15 is 0 Å². The van der Waals surface area contributed by atoms with Crippen LogP contribution in [-0.2, 0) is 14.9 Å².